The number of fused-ring (bicyclic) bond motifs is 1. The lowest BCUT2D eigenvalue weighted by Crippen LogP contribution is -2.31. The molecule has 154 valence electrons. The van der Waals surface area contributed by atoms with Gasteiger partial charge in [0.15, 0.2) is 0 Å². The Hall–Kier alpha value is -3.17. The first-order chi connectivity index (χ1) is 14.0. The molecule has 9 nitrogen and oxygen atoms in total. The molecule has 0 aliphatic rings. The zero-order chi connectivity index (χ0) is 20.8. The first-order valence-electron chi connectivity index (χ1n) is 9.31. The SMILES string of the molecule is COCCOc1n[nH]c2cc(NC(=O)NC(C)c3ccccc3)nc(C(C)O)c12. The van der Waals surface area contributed by atoms with Gasteiger partial charge in [0.25, 0.3) is 0 Å². The number of H-pyrrole nitrogens is 1. The van der Waals surface area contributed by atoms with Gasteiger partial charge in [-0.15, -0.1) is 5.10 Å². The van der Waals surface area contributed by atoms with E-state index in [-0.39, 0.29) is 6.04 Å². The van der Waals surface area contributed by atoms with E-state index >= 15 is 0 Å². The molecule has 0 aliphatic heterocycles. The number of pyridine rings is 1. The highest BCUT2D eigenvalue weighted by Gasteiger charge is 2.19. The molecule has 0 radical (unpaired) electrons. The Morgan fingerprint density at radius 2 is 2.00 bits per heavy atom. The second kappa shape index (κ2) is 9.35. The second-order valence-electron chi connectivity index (χ2n) is 6.59. The monoisotopic (exact) mass is 399 g/mol. The number of rotatable bonds is 8. The molecule has 0 aliphatic carbocycles. The number of methoxy groups -OCH3 is 1. The van der Waals surface area contributed by atoms with Gasteiger partial charge in [0.05, 0.1) is 35.3 Å². The predicted octanol–water partition coefficient (Wildman–Crippen LogP) is 2.92. The summed E-state index contributed by atoms with van der Waals surface area (Å²) in [6, 6.07) is 10.7. The number of amides is 2. The summed E-state index contributed by atoms with van der Waals surface area (Å²) in [5, 5.41) is 23.3. The van der Waals surface area contributed by atoms with Crippen molar-refractivity contribution in [3.63, 3.8) is 0 Å². The van der Waals surface area contributed by atoms with Crippen LogP contribution in [-0.4, -0.2) is 46.6 Å². The number of aliphatic hydroxyl groups is 1. The maximum atomic E-state index is 12.4. The van der Waals surface area contributed by atoms with Gasteiger partial charge in [-0.2, -0.15) is 0 Å². The zero-order valence-corrected chi connectivity index (χ0v) is 16.6. The standard InChI is InChI=1S/C20H25N5O4/c1-12(14-7-5-4-6-8-14)21-20(27)23-16-11-15-17(18(22-16)13(2)26)19(25-24-15)29-10-9-28-3/h4-8,11-13,26H,9-10H2,1-3H3,(H,24,25)(H2,21,22,23,27). The largest absolute Gasteiger partial charge is 0.474 e. The summed E-state index contributed by atoms with van der Waals surface area (Å²) in [5.74, 6) is 0.618. The van der Waals surface area contributed by atoms with Crippen molar-refractivity contribution in [2.45, 2.75) is 26.0 Å². The van der Waals surface area contributed by atoms with Gasteiger partial charge in [0.1, 0.15) is 12.4 Å². The number of hydrogen-bond acceptors (Lipinski definition) is 6. The van der Waals surface area contributed by atoms with Crippen LogP contribution < -0.4 is 15.4 Å². The van der Waals surface area contributed by atoms with Gasteiger partial charge in [-0.1, -0.05) is 30.3 Å². The van der Waals surface area contributed by atoms with Gasteiger partial charge in [0.2, 0.25) is 5.88 Å². The summed E-state index contributed by atoms with van der Waals surface area (Å²) in [6.07, 6.45) is -0.882. The van der Waals surface area contributed by atoms with E-state index in [1.807, 2.05) is 37.3 Å². The number of carbonyl (C=O) groups excluding carboxylic acids is 1. The van der Waals surface area contributed by atoms with Crippen LogP contribution in [0.3, 0.4) is 0 Å². The molecule has 2 atom stereocenters. The molecule has 2 aromatic heterocycles. The van der Waals surface area contributed by atoms with Crippen LogP contribution in [0.1, 0.15) is 37.3 Å². The van der Waals surface area contributed by atoms with Crippen LogP contribution in [0.15, 0.2) is 36.4 Å². The number of benzene rings is 1. The number of urea groups is 1. The van der Waals surface area contributed by atoms with Crippen molar-refractivity contribution in [1.29, 1.82) is 0 Å². The zero-order valence-electron chi connectivity index (χ0n) is 16.6. The minimum atomic E-state index is -0.882. The molecule has 2 heterocycles. The van der Waals surface area contributed by atoms with Crippen LogP contribution >= 0.6 is 0 Å². The molecule has 4 N–H and O–H groups in total. The number of nitrogens with zero attached hydrogens (tertiary/aromatic N) is 2. The highest BCUT2D eigenvalue weighted by Crippen LogP contribution is 2.31. The van der Waals surface area contributed by atoms with E-state index in [2.05, 4.69) is 25.8 Å². The van der Waals surface area contributed by atoms with E-state index in [1.54, 1.807) is 20.1 Å². The van der Waals surface area contributed by atoms with Crippen molar-refractivity contribution >= 4 is 22.8 Å². The number of carbonyl (C=O) groups is 1. The van der Waals surface area contributed by atoms with Crippen LogP contribution in [-0.2, 0) is 4.74 Å². The van der Waals surface area contributed by atoms with Gasteiger partial charge in [-0.3, -0.25) is 10.4 Å². The normalized spacial score (nSPS) is 13.1. The Morgan fingerprint density at radius 1 is 1.24 bits per heavy atom. The van der Waals surface area contributed by atoms with Crippen molar-refractivity contribution in [1.82, 2.24) is 20.5 Å². The Balaban J connectivity index is 1.78. The fourth-order valence-corrected chi connectivity index (χ4v) is 2.91. The number of nitrogens with one attached hydrogen (secondary N) is 3. The number of anilines is 1. The number of ether oxygens (including phenoxy) is 2. The van der Waals surface area contributed by atoms with E-state index in [9.17, 15) is 9.90 Å². The predicted molar refractivity (Wildman–Crippen MR) is 109 cm³/mol. The van der Waals surface area contributed by atoms with E-state index in [0.717, 1.165) is 5.56 Å². The second-order valence-corrected chi connectivity index (χ2v) is 6.59. The minimum absolute atomic E-state index is 0.177. The van der Waals surface area contributed by atoms with Gasteiger partial charge < -0.3 is 19.9 Å². The van der Waals surface area contributed by atoms with Crippen molar-refractivity contribution in [3.8, 4) is 5.88 Å². The molecule has 3 rings (SSSR count). The summed E-state index contributed by atoms with van der Waals surface area (Å²) >= 11 is 0. The average Bonchev–Trinajstić information content (AvgIpc) is 3.11. The third-order valence-electron chi connectivity index (χ3n) is 4.35. The third-order valence-corrected chi connectivity index (χ3v) is 4.35. The van der Waals surface area contributed by atoms with E-state index in [0.29, 0.717) is 41.5 Å². The molecule has 1 aromatic carbocycles. The van der Waals surface area contributed by atoms with Crippen molar-refractivity contribution in [2.75, 3.05) is 25.6 Å². The number of aromatic amines is 1. The quantitative estimate of drug-likeness (QED) is 0.432. The van der Waals surface area contributed by atoms with Gasteiger partial charge >= 0.3 is 6.03 Å². The topological polar surface area (TPSA) is 121 Å². The smallest absolute Gasteiger partial charge is 0.320 e. The summed E-state index contributed by atoms with van der Waals surface area (Å²) < 4.78 is 10.6. The Morgan fingerprint density at radius 3 is 2.69 bits per heavy atom. The Labute approximate surface area is 168 Å². The van der Waals surface area contributed by atoms with Crippen LogP contribution in [0.4, 0.5) is 10.6 Å². The molecular formula is C20H25N5O4. The van der Waals surface area contributed by atoms with E-state index < -0.39 is 12.1 Å². The van der Waals surface area contributed by atoms with Crippen LogP contribution in [0.2, 0.25) is 0 Å². The van der Waals surface area contributed by atoms with Gasteiger partial charge in [0, 0.05) is 13.2 Å². The molecule has 3 aromatic rings. The maximum absolute atomic E-state index is 12.4. The molecule has 2 unspecified atom stereocenters. The molecule has 0 bridgehead atoms. The summed E-state index contributed by atoms with van der Waals surface area (Å²) in [5.41, 5.74) is 1.94. The molecule has 9 heteroatoms. The van der Waals surface area contributed by atoms with Gasteiger partial charge in [-0.05, 0) is 19.4 Å². The molecule has 0 spiro atoms. The number of hydrogen-bond donors (Lipinski definition) is 4. The molecule has 29 heavy (non-hydrogen) atoms. The third kappa shape index (κ3) is 5.01. The first kappa shape index (κ1) is 20.6. The summed E-state index contributed by atoms with van der Waals surface area (Å²) in [7, 11) is 1.58. The molecule has 0 fully saturated rings. The lowest BCUT2D eigenvalue weighted by Gasteiger charge is -2.15. The number of aromatic nitrogens is 3. The molecule has 0 saturated heterocycles. The molecular weight excluding hydrogens is 374 g/mol. The number of aliphatic hydroxyl groups excluding tert-OH is 1. The van der Waals surface area contributed by atoms with E-state index in [4.69, 9.17) is 9.47 Å². The summed E-state index contributed by atoms with van der Waals surface area (Å²) in [4.78, 5) is 16.8. The van der Waals surface area contributed by atoms with Crippen LogP contribution in [0.25, 0.3) is 10.9 Å². The van der Waals surface area contributed by atoms with Crippen molar-refractivity contribution in [3.05, 3.63) is 47.7 Å². The maximum Gasteiger partial charge on any atom is 0.320 e. The highest BCUT2D eigenvalue weighted by molar-refractivity contribution is 5.93. The van der Waals surface area contributed by atoms with Crippen LogP contribution in [0, 0.1) is 0 Å². The lowest BCUT2D eigenvalue weighted by molar-refractivity contribution is 0.144. The fraction of sp³-hybridized carbons (Fsp3) is 0.350. The van der Waals surface area contributed by atoms with E-state index in [1.165, 1.54) is 0 Å². The van der Waals surface area contributed by atoms with Crippen molar-refractivity contribution in [2.24, 2.45) is 0 Å². The lowest BCUT2D eigenvalue weighted by atomic mass is 10.1. The minimum Gasteiger partial charge on any atom is -0.474 e. The molecule has 0 saturated carbocycles. The Kier molecular flexibility index (Phi) is 6.63. The Bertz CT molecular complexity index is 958. The summed E-state index contributed by atoms with van der Waals surface area (Å²) in [6.45, 7) is 4.21. The highest BCUT2D eigenvalue weighted by atomic mass is 16.5. The first-order valence-corrected chi connectivity index (χ1v) is 9.31. The van der Waals surface area contributed by atoms with Gasteiger partial charge in [-0.25, -0.2) is 9.78 Å². The molecule has 2 amide bonds. The fourth-order valence-electron chi connectivity index (χ4n) is 2.91. The van der Waals surface area contributed by atoms with Crippen molar-refractivity contribution < 1.29 is 19.4 Å². The average molecular weight is 399 g/mol. The van der Waals surface area contributed by atoms with Crippen LogP contribution in [0.5, 0.6) is 5.88 Å².